The highest BCUT2D eigenvalue weighted by Gasteiger charge is 2.43. The van der Waals surface area contributed by atoms with E-state index in [0.29, 0.717) is 4.48 Å². The summed E-state index contributed by atoms with van der Waals surface area (Å²) in [6.07, 6.45) is 0.272. The molecule has 0 saturated heterocycles. The van der Waals surface area contributed by atoms with Gasteiger partial charge in [-0.1, -0.05) is 36.4 Å². The Morgan fingerprint density at radius 2 is 2.21 bits per heavy atom. The molecule has 0 aliphatic heterocycles. The zero-order valence-electron chi connectivity index (χ0n) is 8.63. The van der Waals surface area contributed by atoms with Crippen molar-refractivity contribution >= 4 is 21.9 Å². The van der Waals surface area contributed by atoms with Gasteiger partial charge in [0.1, 0.15) is 0 Å². The molecule has 0 aliphatic carbocycles. The fourth-order valence-electron chi connectivity index (χ4n) is 1.21. The van der Waals surface area contributed by atoms with Crippen LogP contribution in [0.25, 0.3) is 0 Å². The number of allylic oxidation sites excluding steroid dienone is 1. The molecule has 0 radical (unpaired) electrons. The molecule has 4 heteroatoms. The maximum absolute atomic E-state index is 11.5. The third kappa shape index (κ3) is 2.58. The van der Waals surface area contributed by atoms with Gasteiger partial charge in [-0.3, -0.25) is 4.79 Å². The second-order valence-electron chi connectivity index (χ2n) is 3.42. The van der Waals surface area contributed by atoms with Crippen LogP contribution in [0.2, 0.25) is 0 Å². The lowest BCUT2D eigenvalue weighted by Gasteiger charge is -2.27. The molecule has 0 aromatic rings. The Balaban J connectivity index is 5.11. The molecule has 0 bridgehead atoms. The van der Waals surface area contributed by atoms with E-state index in [9.17, 15) is 4.79 Å². The van der Waals surface area contributed by atoms with Crippen molar-refractivity contribution in [1.29, 1.82) is 5.26 Å². The van der Waals surface area contributed by atoms with Gasteiger partial charge in [0.05, 0.1) is 13.2 Å². The Labute approximate surface area is 92.9 Å². The molecule has 0 aromatic carbocycles. The lowest BCUT2D eigenvalue weighted by Crippen LogP contribution is -2.36. The summed E-state index contributed by atoms with van der Waals surface area (Å²) in [5.41, 5.74) is -1.13. The Morgan fingerprint density at radius 1 is 1.71 bits per heavy atom. The molecular weight excluding hydrogens is 246 g/mol. The van der Waals surface area contributed by atoms with E-state index in [4.69, 9.17) is 5.26 Å². The van der Waals surface area contributed by atoms with E-state index in [-0.39, 0.29) is 12.3 Å². The smallest absolute Gasteiger partial charge is 0.326 e. The second kappa shape index (κ2) is 5.16. The highest BCUT2D eigenvalue weighted by Crippen LogP contribution is 2.36. The van der Waals surface area contributed by atoms with Crippen LogP contribution < -0.4 is 0 Å². The van der Waals surface area contributed by atoms with Crippen LogP contribution in [-0.2, 0) is 9.53 Å². The molecular formula is C10H14BrNO2. The second-order valence-corrected chi connectivity index (χ2v) is 4.54. The first-order valence-electron chi connectivity index (χ1n) is 4.23. The minimum Gasteiger partial charge on any atom is -0.468 e. The number of nitrogens with zero attached hydrogens (tertiary/aromatic N) is 1. The summed E-state index contributed by atoms with van der Waals surface area (Å²) in [6, 6.07) is 2.03. The van der Waals surface area contributed by atoms with Crippen LogP contribution in [0.15, 0.2) is 11.1 Å². The van der Waals surface area contributed by atoms with E-state index in [1.165, 1.54) is 7.11 Å². The predicted molar refractivity (Wildman–Crippen MR) is 57.6 cm³/mol. The summed E-state index contributed by atoms with van der Waals surface area (Å²) < 4.78 is 5.27. The molecule has 0 heterocycles. The van der Waals surface area contributed by atoms with Crippen molar-refractivity contribution < 1.29 is 9.53 Å². The summed E-state index contributed by atoms with van der Waals surface area (Å²) in [4.78, 5) is 11.5. The number of carbonyl (C=O) groups excluding carboxylic acids is 1. The number of esters is 1. The van der Waals surface area contributed by atoms with Gasteiger partial charge in [-0.2, -0.15) is 5.26 Å². The molecule has 78 valence electrons. The average molecular weight is 260 g/mol. The molecule has 1 atom stereocenters. The molecule has 0 fully saturated rings. The van der Waals surface area contributed by atoms with Gasteiger partial charge >= 0.3 is 5.97 Å². The van der Waals surface area contributed by atoms with Crippen molar-refractivity contribution in [2.24, 2.45) is 11.3 Å². The SMILES string of the molecule is C=C(Br)CC(C#N)(C(=O)OC)C(C)C. The van der Waals surface area contributed by atoms with Crippen LogP contribution in [0.3, 0.4) is 0 Å². The van der Waals surface area contributed by atoms with Crippen LogP contribution in [0.5, 0.6) is 0 Å². The molecule has 1 unspecified atom stereocenters. The molecule has 0 amide bonds. The zero-order valence-corrected chi connectivity index (χ0v) is 10.2. The predicted octanol–water partition coefficient (Wildman–Crippen LogP) is 2.62. The average Bonchev–Trinajstić information content (AvgIpc) is 2.12. The van der Waals surface area contributed by atoms with E-state index in [1.807, 2.05) is 19.9 Å². The first-order valence-corrected chi connectivity index (χ1v) is 5.03. The highest BCUT2D eigenvalue weighted by molar-refractivity contribution is 9.11. The van der Waals surface area contributed by atoms with E-state index in [2.05, 4.69) is 27.2 Å². The summed E-state index contributed by atoms with van der Waals surface area (Å²) in [5, 5.41) is 9.08. The lowest BCUT2D eigenvalue weighted by molar-refractivity contribution is -0.151. The Bertz CT molecular complexity index is 280. The van der Waals surface area contributed by atoms with Gasteiger partial charge in [-0.15, -0.1) is 0 Å². The van der Waals surface area contributed by atoms with Crippen molar-refractivity contribution in [3.05, 3.63) is 11.1 Å². The van der Waals surface area contributed by atoms with Crippen molar-refractivity contribution in [2.45, 2.75) is 20.3 Å². The van der Waals surface area contributed by atoms with Crippen LogP contribution in [0.4, 0.5) is 0 Å². The molecule has 14 heavy (non-hydrogen) atoms. The third-order valence-electron chi connectivity index (χ3n) is 2.21. The quantitative estimate of drug-likeness (QED) is 0.730. The molecule has 0 aliphatic rings. The summed E-state index contributed by atoms with van der Waals surface area (Å²) in [7, 11) is 1.29. The Morgan fingerprint density at radius 3 is 2.43 bits per heavy atom. The molecule has 0 aromatic heterocycles. The number of halogens is 1. The van der Waals surface area contributed by atoms with E-state index < -0.39 is 11.4 Å². The van der Waals surface area contributed by atoms with Crippen molar-refractivity contribution in [2.75, 3.05) is 7.11 Å². The van der Waals surface area contributed by atoms with Gasteiger partial charge in [0, 0.05) is 6.42 Å². The monoisotopic (exact) mass is 259 g/mol. The third-order valence-corrected chi connectivity index (χ3v) is 2.49. The zero-order chi connectivity index (χ0) is 11.4. The Kier molecular flexibility index (Phi) is 4.86. The van der Waals surface area contributed by atoms with Gasteiger partial charge in [0.15, 0.2) is 5.41 Å². The van der Waals surface area contributed by atoms with E-state index in [0.717, 1.165) is 0 Å². The molecule has 0 rings (SSSR count). The van der Waals surface area contributed by atoms with Gasteiger partial charge in [-0.25, -0.2) is 0 Å². The van der Waals surface area contributed by atoms with Gasteiger partial charge in [0.25, 0.3) is 0 Å². The van der Waals surface area contributed by atoms with Crippen molar-refractivity contribution in [3.8, 4) is 6.07 Å². The Hall–Kier alpha value is -0.820. The summed E-state index contributed by atoms with van der Waals surface area (Å²) in [6.45, 7) is 7.28. The first-order chi connectivity index (χ1) is 6.40. The number of hydrogen-bond acceptors (Lipinski definition) is 3. The maximum atomic E-state index is 11.5. The number of nitriles is 1. The number of rotatable bonds is 4. The molecule has 0 spiro atoms. The van der Waals surface area contributed by atoms with Crippen LogP contribution in [0.1, 0.15) is 20.3 Å². The fraction of sp³-hybridized carbons (Fsp3) is 0.600. The van der Waals surface area contributed by atoms with Crippen molar-refractivity contribution in [3.63, 3.8) is 0 Å². The molecule has 3 nitrogen and oxygen atoms in total. The topological polar surface area (TPSA) is 50.1 Å². The fourth-order valence-corrected chi connectivity index (χ4v) is 1.65. The van der Waals surface area contributed by atoms with Crippen LogP contribution >= 0.6 is 15.9 Å². The van der Waals surface area contributed by atoms with Gasteiger partial charge in [0.2, 0.25) is 0 Å². The van der Waals surface area contributed by atoms with Crippen LogP contribution in [-0.4, -0.2) is 13.1 Å². The maximum Gasteiger partial charge on any atom is 0.326 e. The van der Waals surface area contributed by atoms with E-state index >= 15 is 0 Å². The largest absolute Gasteiger partial charge is 0.468 e. The molecule has 0 saturated carbocycles. The number of ether oxygens (including phenoxy) is 1. The van der Waals surface area contributed by atoms with Crippen LogP contribution in [0, 0.1) is 22.7 Å². The highest BCUT2D eigenvalue weighted by atomic mass is 79.9. The molecule has 0 N–H and O–H groups in total. The lowest BCUT2D eigenvalue weighted by atomic mass is 9.76. The van der Waals surface area contributed by atoms with Gasteiger partial charge < -0.3 is 4.74 Å². The first kappa shape index (κ1) is 13.2. The van der Waals surface area contributed by atoms with E-state index in [1.54, 1.807) is 0 Å². The van der Waals surface area contributed by atoms with Gasteiger partial charge in [-0.05, 0) is 10.4 Å². The standard InChI is InChI=1S/C10H14BrNO2/c1-7(2)10(6-12,5-8(3)11)9(13)14-4/h7H,3,5H2,1-2,4H3. The number of methoxy groups -OCH3 is 1. The minimum atomic E-state index is -1.13. The summed E-state index contributed by atoms with van der Waals surface area (Å²) in [5.74, 6) is -0.621. The number of hydrogen-bond donors (Lipinski definition) is 0. The number of carbonyl (C=O) groups is 1. The summed E-state index contributed by atoms with van der Waals surface area (Å²) >= 11 is 3.16. The normalized spacial score (nSPS) is 14.3. The minimum absolute atomic E-state index is 0.116. The van der Waals surface area contributed by atoms with Crippen molar-refractivity contribution in [1.82, 2.24) is 0 Å².